The van der Waals surface area contributed by atoms with Crippen molar-refractivity contribution in [2.75, 3.05) is 11.0 Å². The van der Waals surface area contributed by atoms with Crippen molar-refractivity contribution in [3.8, 4) is 0 Å². The van der Waals surface area contributed by atoms with E-state index in [1.165, 1.54) is 12.1 Å². The zero-order chi connectivity index (χ0) is 16.2. The van der Waals surface area contributed by atoms with E-state index in [0.717, 1.165) is 12.7 Å². The highest BCUT2D eigenvalue weighted by Crippen LogP contribution is 2.24. The molecule has 7 heteroatoms. The normalized spacial score (nSPS) is 13.0. The molecule has 1 amide bonds. The fraction of sp³-hybridized carbons (Fsp3) is 0.500. The average Bonchev–Trinajstić information content (AvgIpc) is 2.36. The lowest BCUT2D eigenvalue weighted by Gasteiger charge is -2.21. The molecule has 0 aliphatic carbocycles. The van der Waals surface area contributed by atoms with Gasteiger partial charge in [-0.2, -0.15) is 0 Å². The van der Waals surface area contributed by atoms with Crippen LogP contribution in [0.1, 0.15) is 37.6 Å². The minimum absolute atomic E-state index is 0.0690. The molecule has 1 unspecified atom stereocenters. The first-order valence-corrected chi connectivity index (χ1v) is 8.99. The first-order valence-electron chi connectivity index (χ1n) is 6.72. The Morgan fingerprint density at radius 2 is 1.95 bits per heavy atom. The van der Waals surface area contributed by atoms with Crippen LogP contribution in [0.4, 0.5) is 5.69 Å². The van der Waals surface area contributed by atoms with Crippen LogP contribution >= 0.6 is 11.6 Å². The minimum atomic E-state index is -3.45. The monoisotopic (exact) mass is 332 g/mol. The highest BCUT2D eigenvalue weighted by atomic mass is 35.5. The van der Waals surface area contributed by atoms with E-state index < -0.39 is 10.0 Å². The van der Waals surface area contributed by atoms with E-state index in [0.29, 0.717) is 11.5 Å². The summed E-state index contributed by atoms with van der Waals surface area (Å²) in [5, 5.41) is 3.18. The number of benzene rings is 1. The van der Waals surface area contributed by atoms with E-state index in [2.05, 4.69) is 10.0 Å². The van der Waals surface area contributed by atoms with Crippen LogP contribution in [-0.2, 0) is 10.0 Å². The molecule has 0 saturated heterocycles. The lowest BCUT2D eigenvalue weighted by atomic mass is 10.0. The SMILES string of the molecule is CCC(NC(=O)c1ccc(Cl)c(NS(C)(=O)=O)c1)C(C)C. The Bertz CT molecular complexity index is 615. The molecule has 0 spiro atoms. The summed E-state index contributed by atoms with van der Waals surface area (Å²) in [7, 11) is -3.45. The summed E-state index contributed by atoms with van der Waals surface area (Å²) < 4.78 is 24.8. The van der Waals surface area contributed by atoms with E-state index in [1.807, 2.05) is 20.8 Å². The molecule has 0 fully saturated rings. The van der Waals surface area contributed by atoms with Gasteiger partial charge in [0.15, 0.2) is 0 Å². The topological polar surface area (TPSA) is 75.3 Å². The molecule has 1 atom stereocenters. The summed E-state index contributed by atoms with van der Waals surface area (Å²) in [6.07, 6.45) is 1.85. The quantitative estimate of drug-likeness (QED) is 0.841. The van der Waals surface area contributed by atoms with Crippen molar-refractivity contribution < 1.29 is 13.2 Å². The number of amides is 1. The van der Waals surface area contributed by atoms with E-state index in [4.69, 9.17) is 11.6 Å². The molecule has 0 saturated carbocycles. The highest BCUT2D eigenvalue weighted by Gasteiger charge is 2.16. The molecule has 2 N–H and O–H groups in total. The molecule has 1 aromatic carbocycles. The van der Waals surface area contributed by atoms with Crippen molar-refractivity contribution in [2.45, 2.75) is 33.2 Å². The van der Waals surface area contributed by atoms with Gasteiger partial charge in [-0.05, 0) is 30.5 Å². The molecule has 5 nitrogen and oxygen atoms in total. The van der Waals surface area contributed by atoms with Gasteiger partial charge in [-0.3, -0.25) is 9.52 Å². The molecule has 1 rings (SSSR count). The second kappa shape index (κ2) is 7.13. The third-order valence-electron chi connectivity index (χ3n) is 3.08. The molecule has 1 aromatic rings. The van der Waals surface area contributed by atoms with Gasteiger partial charge >= 0.3 is 0 Å². The van der Waals surface area contributed by atoms with Gasteiger partial charge in [0, 0.05) is 11.6 Å². The van der Waals surface area contributed by atoms with E-state index in [9.17, 15) is 13.2 Å². The Morgan fingerprint density at radius 1 is 1.33 bits per heavy atom. The van der Waals surface area contributed by atoms with E-state index in [-0.39, 0.29) is 22.7 Å². The average molecular weight is 333 g/mol. The second-order valence-electron chi connectivity index (χ2n) is 5.30. The molecule has 21 heavy (non-hydrogen) atoms. The largest absolute Gasteiger partial charge is 0.349 e. The highest BCUT2D eigenvalue weighted by molar-refractivity contribution is 7.92. The number of halogens is 1. The molecule has 0 bridgehead atoms. The standard InChI is InChI=1S/C14H21ClN2O3S/c1-5-12(9(2)3)16-14(18)10-6-7-11(15)13(8-10)17-21(4,19)20/h6-9,12,17H,5H2,1-4H3,(H,16,18). The fourth-order valence-electron chi connectivity index (χ4n) is 1.94. The maximum atomic E-state index is 12.2. The number of rotatable bonds is 6. The van der Waals surface area contributed by atoms with Gasteiger partial charge in [-0.25, -0.2) is 8.42 Å². The summed E-state index contributed by atoms with van der Waals surface area (Å²) in [4.78, 5) is 12.2. The number of carbonyl (C=O) groups is 1. The zero-order valence-electron chi connectivity index (χ0n) is 12.6. The number of carbonyl (C=O) groups excluding carboxylic acids is 1. The van der Waals surface area contributed by atoms with Gasteiger partial charge in [0.1, 0.15) is 0 Å². The molecule has 0 radical (unpaired) electrons. The Hall–Kier alpha value is -1.27. The predicted octanol–water partition coefficient (Wildman–Crippen LogP) is 2.88. The van der Waals surface area contributed by atoms with Crippen LogP contribution in [0.15, 0.2) is 18.2 Å². The molecule has 118 valence electrons. The third kappa shape index (κ3) is 5.55. The van der Waals surface area contributed by atoms with Crippen molar-refractivity contribution >= 4 is 33.2 Å². The smallest absolute Gasteiger partial charge is 0.251 e. The van der Waals surface area contributed by atoms with Gasteiger partial charge in [0.05, 0.1) is 17.0 Å². The van der Waals surface area contributed by atoms with Crippen molar-refractivity contribution in [3.05, 3.63) is 28.8 Å². The molecule has 0 aliphatic rings. The number of nitrogens with one attached hydrogen (secondary N) is 2. The van der Waals surface area contributed by atoms with E-state index in [1.54, 1.807) is 6.07 Å². The van der Waals surface area contributed by atoms with Gasteiger partial charge in [-0.1, -0.05) is 32.4 Å². The van der Waals surface area contributed by atoms with Crippen molar-refractivity contribution in [1.82, 2.24) is 5.32 Å². The Labute approximate surface area is 131 Å². The summed E-state index contributed by atoms with van der Waals surface area (Å²) in [6.45, 7) is 6.07. The maximum Gasteiger partial charge on any atom is 0.251 e. The summed E-state index contributed by atoms with van der Waals surface area (Å²) in [6, 6.07) is 4.57. The Balaban J connectivity index is 2.98. The molecular weight excluding hydrogens is 312 g/mol. The fourth-order valence-corrected chi connectivity index (χ4v) is 2.73. The van der Waals surface area contributed by atoms with Crippen LogP contribution in [0.25, 0.3) is 0 Å². The van der Waals surface area contributed by atoms with Gasteiger partial charge < -0.3 is 5.32 Å². The number of hydrogen-bond acceptors (Lipinski definition) is 3. The van der Waals surface area contributed by atoms with E-state index >= 15 is 0 Å². The van der Waals surface area contributed by atoms with Crippen LogP contribution in [0.2, 0.25) is 5.02 Å². The Kier molecular flexibility index (Phi) is 6.04. The number of hydrogen-bond donors (Lipinski definition) is 2. The maximum absolute atomic E-state index is 12.2. The summed E-state index contributed by atoms with van der Waals surface area (Å²) in [5.41, 5.74) is 0.564. The lowest BCUT2D eigenvalue weighted by molar-refractivity contribution is 0.0924. The van der Waals surface area contributed by atoms with Crippen molar-refractivity contribution in [2.24, 2.45) is 5.92 Å². The third-order valence-corrected chi connectivity index (χ3v) is 4.01. The summed E-state index contributed by atoms with van der Waals surface area (Å²) >= 11 is 5.93. The first-order chi connectivity index (χ1) is 9.64. The zero-order valence-corrected chi connectivity index (χ0v) is 14.2. The van der Waals surface area contributed by atoms with Crippen molar-refractivity contribution in [1.29, 1.82) is 0 Å². The summed E-state index contributed by atoms with van der Waals surface area (Å²) in [5.74, 6) is 0.0728. The first kappa shape index (κ1) is 17.8. The van der Waals surface area contributed by atoms with Crippen molar-refractivity contribution in [3.63, 3.8) is 0 Å². The van der Waals surface area contributed by atoms with Crippen LogP contribution in [0.3, 0.4) is 0 Å². The van der Waals surface area contributed by atoms with Gasteiger partial charge in [0.2, 0.25) is 10.0 Å². The number of anilines is 1. The van der Waals surface area contributed by atoms with Crippen LogP contribution in [-0.4, -0.2) is 26.6 Å². The molecule has 0 aliphatic heterocycles. The lowest BCUT2D eigenvalue weighted by Crippen LogP contribution is -2.38. The molecule has 0 heterocycles. The van der Waals surface area contributed by atoms with Gasteiger partial charge in [-0.15, -0.1) is 0 Å². The van der Waals surface area contributed by atoms with Crippen LogP contribution in [0.5, 0.6) is 0 Å². The number of sulfonamides is 1. The van der Waals surface area contributed by atoms with Crippen LogP contribution in [0, 0.1) is 5.92 Å². The predicted molar refractivity (Wildman–Crippen MR) is 86.3 cm³/mol. The Morgan fingerprint density at radius 3 is 2.43 bits per heavy atom. The van der Waals surface area contributed by atoms with Crippen LogP contribution < -0.4 is 10.0 Å². The minimum Gasteiger partial charge on any atom is -0.349 e. The van der Waals surface area contributed by atoms with Gasteiger partial charge in [0.25, 0.3) is 5.91 Å². The molecular formula is C14H21ClN2O3S. The second-order valence-corrected chi connectivity index (χ2v) is 7.46. The molecule has 0 aromatic heterocycles.